The van der Waals surface area contributed by atoms with Gasteiger partial charge in [-0.2, -0.15) is 0 Å². The molecule has 1 atom stereocenters. The fraction of sp³-hybridized carbons (Fsp3) is 0.185. The summed E-state index contributed by atoms with van der Waals surface area (Å²) in [6.45, 7) is 2.57. The maximum absolute atomic E-state index is 13.4. The number of amides is 1. The second-order valence-corrected chi connectivity index (χ2v) is 7.79. The number of nitrogens with zero attached hydrogens (tertiary/aromatic N) is 1. The van der Waals surface area contributed by atoms with E-state index in [1.807, 2.05) is 6.92 Å². The maximum Gasteiger partial charge on any atom is 0.300 e. The summed E-state index contributed by atoms with van der Waals surface area (Å²) in [7, 11) is 1.53. The SMILES string of the molecule is CCCOc1ccc(C2/C(=C(\O)c3ccc(F)cc3)C(=O)C(=O)N2c2ccc(OC)cc2)cc1. The summed E-state index contributed by atoms with van der Waals surface area (Å²) in [4.78, 5) is 27.7. The first-order chi connectivity index (χ1) is 16.4. The average molecular weight is 461 g/mol. The highest BCUT2D eigenvalue weighted by Crippen LogP contribution is 2.42. The highest BCUT2D eigenvalue weighted by molar-refractivity contribution is 6.51. The van der Waals surface area contributed by atoms with E-state index in [0.29, 0.717) is 29.4 Å². The number of carbonyl (C=O) groups excluding carboxylic acids is 2. The van der Waals surface area contributed by atoms with Crippen molar-refractivity contribution in [3.05, 3.63) is 95.3 Å². The number of anilines is 1. The van der Waals surface area contributed by atoms with Gasteiger partial charge >= 0.3 is 0 Å². The lowest BCUT2D eigenvalue weighted by Gasteiger charge is -2.25. The van der Waals surface area contributed by atoms with Crippen molar-refractivity contribution in [2.75, 3.05) is 18.6 Å². The first-order valence-electron chi connectivity index (χ1n) is 10.9. The molecule has 1 saturated heterocycles. The van der Waals surface area contributed by atoms with Crippen molar-refractivity contribution in [2.24, 2.45) is 0 Å². The molecule has 7 heteroatoms. The zero-order valence-electron chi connectivity index (χ0n) is 18.8. The molecule has 4 rings (SSSR count). The number of hydrogen-bond donors (Lipinski definition) is 1. The molecule has 0 saturated carbocycles. The van der Waals surface area contributed by atoms with Crippen LogP contribution >= 0.6 is 0 Å². The zero-order valence-corrected chi connectivity index (χ0v) is 18.8. The van der Waals surface area contributed by atoms with Crippen molar-refractivity contribution < 1.29 is 28.6 Å². The van der Waals surface area contributed by atoms with Crippen LogP contribution in [0.5, 0.6) is 11.5 Å². The van der Waals surface area contributed by atoms with Gasteiger partial charge in [-0.25, -0.2) is 4.39 Å². The number of benzene rings is 3. The molecule has 1 aliphatic heterocycles. The molecule has 1 aliphatic rings. The minimum absolute atomic E-state index is 0.0744. The standard InChI is InChI=1S/C27H24FNO5/c1-3-16-34-22-12-6-17(7-13-22)24-23(25(30)18-4-8-19(28)9-5-18)26(31)27(32)29(24)20-10-14-21(33-2)15-11-20/h4-15,24,30H,3,16H2,1-2H3/b25-23+. The van der Waals surface area contributed by atoms with E-state index in [4.69, 9.17) is 9.47 Å². The molecule has 1 amide bonds. The van der Waals surface area contributed by atoms with E-state index in [1.165, 1.54) is 36.3 Å². The molecule has 0 aromatic heterocycles. The lowest BCUT2D eigenvalue weighted by atomic mass is 9.95. The van der Waals surface area contributed by atoms with Crippen LogP contribution in [0.3, 0.4) is 0 Å². The quantitative estimate of drug-likeness (QED) is 0.296. The van der Waals surface area contributed by atoms with Crippen molar-refractivity contribution >= 4 is 23.1 Å². The summed E-state index contributed by atoms with van der Waals surface area (Å²) in [6.07, 6.45) is 0.858. The van der Waals surface area contributed by atoms with Crippen LogP contribution in [0, 0.1) is 5.82 Å². The molecule has 0 bridgehead atoms. The van der Waals surface area contributed by atoms with E-state index in [0.717, 1.165) is 6.42 Å². The molecule has 0 spiro atoms. The van der Waals surface area contributed by atoms with E-state index in [2.05, 4.69) is 0 Å². The number of rotatable bonds is 7. The first-order valence-corrected chi connectivity index (χ1v) is 10.9. The Balaban J connectivity index is 1.85. The maximum atomic E-state index is 13.4. The molecule has 3 aromatic rings. The van der Waals surface area contributed by atoms with E-state index in [1.54, 1.807) is 48.5 Å². The first kappa shape index (κ1) is 23.0. The fourth-order valence-electron chi connectivity index (χ4n) is 3.89. The van der Waals surface area contributed by atoms with Gasteiger partial charge in [-0.15, -0.1) is 0 Å². The average Bonchev–Trinajstić information content (AvgIpc) is 3.13. The number of Topliss-reactive ketones (excluding diaryl/α,β-unsaturated/α-hetero) is 1. The van der Waals surface area contributed by atoms with Gasteiger partial charge in [0.15, 0.2) is 0 Å². The van der Waals surface area contributed by atoms with Crippen molar-refractivity contribution in [1.29, 1.82) is 0 Å². The predicted octanol–water partition coefficient (Wildman–Crippen LogP) is 5.25. The predicted molar refractivity (Wildman–Crippen MR) is 126 cm³/mol. The smallest absolute Gasteiger partial charge is 0.300 e. The lowest BCUT2D eigenvalue weighted by molar-refractivity contribution is -0.132. The minimum Gasteiger partial charge on any atom is -0.507 e. The Labute approximate surface area is 196 Å². The van der Waals surface area contributed by atoms with Gasteiger partial charge in [-0.3, -0.25) is 14.5 Å². The highest BCUT2D eigenvalue weighted by atomic mass is 19.1. The summed E-state index contributed by atoms with van der Waals surface area (Å²) >= 11 is 0. The Morgan fingerprint density at radius 2 is 1.56 bits per heavy atom. The molecule has 34 heavy (non-hydrogen) atoms. The Morgan fingerprint density at radius 1 is 0.941 bits per heavy atom. The lowest BCUT2D eigenvalue weighted by Crippen LogP contribution is -2.29. The van der Waals surface area contributed by atoms with E-state index in [9.17, 15) is 19.1 Å². The van der Waals surface area contributed by atoms with Gasteiger partial charge < -0.3 is 14.6 Å². The number of ketones is 1. The zero-order chi connectivity index (χ0) is 24.2. The fourth-order valence-corrected chi connectivity index (χ4v) is 3.89. The highest BCUT2D eigenvalue weighted by Gasteiger charge is 2.47. The van der Waals surface area contributed by atoms with E-state index < -0.39 is 23.5 Å². The van der Waals surface area contributed by atoms with Crippen LogP contribution in [0.4, 0.5) is 10.1 Å². The number of aliphatic hydroxyl groups excluding tert-OH is 1. The normalized spacial score (nSPS) is 17.1. The monoisotopic (exact) mass is 461 g/mol. The van der Waals surface area contributed by atoms with Gasteiger partial charge in [0.2, 0.25) is 0 Å². The van der Waals surface area contributed by atoms with Crippen molar-refractivity contribution in [1.82, 2.24) is 0 Å². The second-order valence-electron chi connectivity index (χ2n) is 7.79. The number of methoxy groups -OCH3 is 1. The summed E-state index contributed by atoms with van der Waals surface area (Å²) in [6, 6.07) is 18.0. The van der Waals surface area contributed by atoms with Gasteiger partial charge in [-0.1, -0.05) is 19.1 Å². The molecule has 6 nitrogen and oxygen atoms in total. The summed E-state index contributed by atoms with van der Waals surface area (Å²) in [5.41, 5.74) is 1.25. The van der Waals surface area contributed by atoms with Crippen LogP contribution in [0.1, 0.15) is 30.5 Å². The van der Waals surface area contributed by atoms with Crippen LogP contribution in [0.25, 0.3) is 5.76 Å². The Morgan fingerprint density at radius 3 is 2.15 bits per heavy atom. The Kier molecular flexibility index (Phi) is 6.63. The third kappa shape index (κ3) is 4.37. The molecule has 0 radical (unpaired) electrons. The molecule has 1 unspecified atom stereocenters. The third-order valence-electron chi connectivity index (χ3n) is 5.58. The third-order valence-corrected chi connectivity index (χ3v) is 5.58. The number of carbonyl (C=O) groups is 2. The van der Waals surface area contributed by atoms with Crippen LogP contribution in [-0.4, -0.2) is 30.5 Å². The van der Waals surface area contributed by atoms with Gasteiger partial charge in [0.25, 0.3) is 11.7 Å². The number of ether oxygens (including phenoxy) is 2. The summed E-state index contributed by atoms with van der Waals surface area (Å²) < 4.78 is 24.3. The molecular formula is C27H24FNO5. The number of aliphatic hydroxyl groups is 1. The van der Waals surface area contributed by atoms with Crippen molar-refractivity contribution in [2.45, 2.75) is 19.4 Å². The summed E-state index contributed by atoms with van der Waals surface area (Å²) in [5, 5.41) is 11.1. The van der Waals surface area contributed by atoms with Crippen LogP contribution in [0.15, 0.2) is 78.4 Å². The topological polar surface area (TPSA) is 76.1 Å². The van der Waals surface area contributed by atoms with Crippen molar-refractivity contribution in [3.8, 4) is 11.5 Å². The molecule has 1 heterocycles. The van der Waals surface area contributed by atoms with Gasteiger partial charge in [-0.05, 0) is 72.6 Å². The van der Waals surface area contributed by atoms with Gasteiger partial charge in [0.1, 0.15) is 23.1 Å². The van der Waals surface area contributed by atoms with Crippen LogP contribution in [-0.2, 0) is 9.59 Å². The second kappa shape index (κ2) is 9.79. The van der Waals surface area contributed by atoms with Crippen molar-refractivity contribution in [3.63, 3.8) is 0 Å². The summed E-state index contributed by atoms with van der Waals surface area (Å²) in [5.74, 6) is -1.19. The molecule has 174 valence electrons. The van der Waals surface area contributed by atoms with E-state index in [-0.39, 0.29) is 16.9 Å². The number of hydrogen-bond acceptors (Lipinski definition) is 5. The largest absolute Gasteiger partial charge is 0.507 e. The van der Waals surface area contributed by atoms with Gasteiger partial charge in [0.05, 0.1) is 25.3 Å². The Hall–Kier alpha value is -4.13. The minimum atomic E-state index is -0.890. The van der Waals surface area contributed by atoms with E-state index >= 15 is 0 Å². The number of halogens is 1. The molecule has 0 aliphatic carbocycles. The van der Waals surface area contributed by atoms with Crippen LogP contribution < -0.4 is 14.4 Å². The Bertz CT molecular complexity index is 1220. The molecule has 1 N–H and O–H groups in total. The molecule has 1 fully saturated rings. The molecule has 3 aromatic carbocycles. The molecular weight excluding hydrogens is 437 g/mol. The van der Waals surface area contributed by atoms with Gasteiger partial charge in [0, 0.05) is 11.3 Å². The van der Waals surface area contributed by atoms with Crippen LogP contribution in [0.2, 0.25) is 0 Å².